The van der Waals surface area contributed by atoms with Crippen molar-refractivity contribution >= 4 is 5.69 Å². The lowest BCUT2D eigenvalue weighted by molar-refractivity contribution is 0.108. The Morgan fingerprint density at radius 3 is 2.95 bits per heavy atom. The summed E-state index contributed by atoms with van der Waals surface area (Å²) in [6.45, 7) is 2.40. The molecule has 3 atom stereocenters. The molecule has 1 fully saturated rings. The van der Waals surface area contributed by atoms with Gasteiger partial charge in [0.05, 0.1) is 12.1 Å². The van der Waals surface area contributed by atoms with Gasteiger partial charge in [-0.15, -0.1) is 0 Å². The number of nitrogens with one attached hydrogen (secondary N) is 1. The molecule has 2 aliphatic heterocycles. The van der Waals surface area contributed by atoms with Crippen LogP contribution >= 0.6 is 0 Å². The Kier molecular flexibility index (Phi) is 3.83. The molecule has 5 heteroatoms. The summed E-state index contributed by atoms with van der Waals surface area (Å²) in [5.74, 6) is 1.00. The smallest absolute Gasteiger partial charge is 0.124 e. The van der Waals surface area contributed by atoms with Crippen LogP contribution in [0.2, 0.25) is 0 Å². The zero-order chi connectivity index (χ0) is 14.1. The highest BCUT2D eigenvalue weighted by Gasteiger charge is 2.30. The van der Waals surface area contributed by atoms with Crippen LogP contribution in [0.3, 0.4) is 0 Å². The second-order valence-electron chi connectivity index (χ2n) is 5.64. The van der Waals surface area contributed by atoms with Gasteiger partial charge in [0.2, 0.25) is 0 Å². The van der Waals surface area contributed by atoms with Gasteiger partial charge in [-0.25, -0.2) is 0 Å². The minimum atomic E-state index is 0.0747. The predicted octanol–water partition coefficient (Wildman–Crippen LogP) is 0.372. The first-order chi connectivity index (χ1) is 9.71. The van der Waals surface area contributed by atoms with Crippen LogP contribution in [0.25, 0.3) is 0 Å². The molecule has 0 bridgehead atoms. The molecule has 0 radical (unpaired) electrons. The molecule has 2 aliphatic rings. The molecular formula is C15H23N3O2. The van der Waals surface area contributed by atoms with E-state index in [1.807, 2.05) is 7.05 Å². The van der Waals surface area contributed by atoms with E-state index in [1.165, 1.54) is 11.3 Å². The van der Waals surface area contributed by atoms with E-state index in [0.717, 1.165) is 31.9 Å². The van der Waals surface area contributed by atoms with Crippen molar-refractivity contribution in [1.29, 1.82) is 0 Å². The van der Waals surface area contributed by atoms with Crippen LogP contribution in [-0.2, 0) is 11.2 Å². The number of nitrogens with zero attached hydrogens (tertiary/aromatic N) is 1. The van der Waals surface area contributed by atoms with Crippen molar-refractivity contribution in [3.05, 3.63) is 23.8 Å². The summed E-state index contributed by atoms with van der Waals surface area (Å²) < 4.78 is 11.3. The molecule has 0 aliphatic carbocycles. The fourth-order valence-electron chi connectivity index (χ4n) is 3.00. The summed E-state index contributed by atoms with van der Waals surface area (Å²) in [6.07, 6.45) is 1.13. The van der Waals surface area contributed by atoms with Gasteiger partial charge in [0, 0.05) is 38.0 Å². The molecule has 3 N–H and O–H groups in total. The first kappa shape index (κ1) is 13.7. The first-order valence-electron chi connectivity index (χ1n) is 7.17. The molecule has 3 unspecified atom stereocenters. The van der Waals surface area contributed by atoms with Crippen LogP contribution in [0.4, 0.5) is 5.69 Å². The molecule has 2 heterocycles. The van der Waals surface area contributed by atoms with Crippen LogP contribution < -0.4 is 20.7 Å². The second-order valence-corrected chi connectivity index (χ2v) is 5.64. The molecule has 110 valence electrons. The van der Waals surface area contributed by atoms with Crippen molar-refractivity contribution in [2.24, 2.45) is 5.73 Å². The first-order valence-corrected chi connectivity index (χ1v) is 7.17. The molecule has 1 saturated heterocycles. The topological polar surface area (TPSA) is 59.8 Å². The van der Waals surface area contributed by atoms with Gasteiger partial charge in [-0.2, -0.15) is 0 Å². The lowest BCUT2D eigenvalue weighted by Crippen LogP contribution is -2.36. The number of anilines is 1. The van der Waals surface area contributed by atoms with E-state index in [2.05, 4.69) is 28.4 Å². The molecule has 1 aromatic rings. The van der Waals surface area contributed by atoms with Gasteiger partial charge in [0.1, 0.15) is 12.4 Å². The molecule has 0 amide bonds. The van der Waals surface area contributed by atoms with Crippen molar-refractivity contribution in [2.75, 3.05) is 38.8 Å². The van der Waals surface area contributed by atoms with Gasteiger partial charge in [-0.3, -0.25) is 0 Å². The van der Waals surface area contributed by atoms with E-state index in [1.54, 1.807) is 7.11 Å². The van der Waals surface area contributed by atoms with Gasteiger partial charge in [-0.1, -0.05) is 6.07 Å². The van der Waals surface area contributed by atoms with Gasteiger partial charge in [0.15, 0.2) is 0 Å². The van der Waals surface area contributed by atoms with Crippen molar-refractivity contribution in [3.8, 4) is 5.75 Å². The number of methoxy groups -OCH3 is 1. The monoisotopic (exact) mass is 277 g/mol. The second kappa shape index (κ2) is 5.60. The Hall–Kier alpha value is -1.30. The van der Waals surface area contributed by atoms with Crippen LogP contribution in [0.5, 0.6) is 5.75 Å². The van der Waals surface area contributed by atoms with Crippen LogP contribution in [0, 0.1) is 0 Å². The fraction of sp³-hybridized carbons (Fsp3) is 0.600. The standard InChI is InChI=1S/C15H23N3O2/c1-17-11-5-10-3-4-12(6-14(10)20-9-11)18-7-13(16)15(8-18)19-2/h3-4,6,11,13,15,17H,5,7-9,16H2,1-2H3. The average molecular weight is 277 g/mol. The number of likely N-dealkylation sites (N-methyl/N-ethyl adjacent to an activating group) is 1. The van der Waals surface area contributed by atoms with Crippen molar-refractivity contribution in [3.63, 3.8) is 0 Å². The summed E-state index contributed by atoms with van der Waals surface area (Å²) in [5.41, 5.74) is 8.52. The van der Waals surface area contributed by atoms with Crippen LogP contribution in [-0.4, -0.2) is 52.0 Å². The number of nitrogens with two attached hydrogens (primary N) is 1. The number of hydrogen-bond acceptors (Lipinski definition) is 5. The third kappa shape index (κ3) is 2.49. The number of hydrogen-bond donors (Lipinski definition) is 2. The minimum Gasteiger partial charge on any atom is -0.492 e. The highest BCUT2D eigenvalue weighted by Crippen LogP contribution is 2.31. The lowest BCUT2D eigenvalue weighted by Gasteiger charge is -2.27. The highest BCUT2D eigenvalue weighted by atomic mass is 16.5. The highest BCUT2D eigenvalue weighted by molar-refractivity contribution is 5.55. The maximum Gasteiger partial charge on any atom is 0.124 e. The molecule has 3 rings (SSSR count). The number of fused-ring (bicyclic) bond motifs is 1. The minimum absolute atomic E-state index is 0.0747. The average Bonchev–Trinajstić information content (AvgIpc) is 2.87. The Morgan fingerprint density at radius 1 is 1.40 bits per heavy atom. The number of rotatable bonds is 3. The largest absolute Gasteiger partial charge is 0.492 e. The lowest BCUT2D eigenvalue weighted by atomic mass is 10.0. The fourth-order valence-corrected chi connectivity index (χ4v) is 3.00. The molecular weight excluding hydrogens is 254 g/mol. The molecule has 5 nitrogen and oxygen atoms in total. The summed E-state index contributed by atoms with van der Waals surface area (Å²) in [6, 6.07) is 6.94. The third-order valence-electron chi connectivity index (χ3n) is 4.34. The molecule has 20 heavy (non-hydrogen) atoms. The summed E-state index contributed by atoms with van der Waals surface area (Å²) in [7, 11) is 3.70. The summed E-state index contributed by atoms with van der Waals surface area (Å²) in [5, 5.41) is 3.27. The third-order valence-corrected chi connectivity index (χ3v) is 4.34. The van der Waals surface area contributed by atoms with E-state index >= 15 is 0 Å². The summed E-state index contributed by atoms with van der Waals surface area (Å²) in [4.78, 5) is 2.27. The quantitative estimate of drug-likeness (QED) is 0.836. The van der Waals surface area contributed by atoms with Gasteiger partial charge in [-0.05, 0) is 25.1 Å². The number of ether oxygens (including phenoxy) is 2. The molecule has 0 saturated carbocycles. The van der Waals surface area contributed by atoms with Gasteiger partial charge < -0.3 is 25.4 Å². The van der Waals surface area contributed by atoms with E-state index < -0.39 is 0 Å². The SMILES string of the molecule is CNC1COc2cc(N3CC(N)C(OC)C3)ccc2C1. The van der Waals surface area contributed by atoms with Crippen LogP contribution in [0.1, 0.15) is 5.56 Å². The van der Waals surface area contributed by atoms with Gasteiger partial charge in [0.25, 0.3) is 0 Å². The molecule has 0 spiro atoms. The Bertz CT molecular complexity index is 480. The zero-order valence-corrected chi connectivity index (χ0v) is 12.1. The van der Waals surface area contributed by atoms with Crippen LogP contribution in [0.15, 0.2) is 18.2 Å². The molecule has 0 aromatic heterocycles. The van der Waals surface area contributed by atoms with E-state index in [-0.39, 0.29) is 12.1 Å². The Labute approximate surface area is 120 Å². The predicted molar refractivity (Wildman–Crippen MR) is 79.5 cm³/mol. The zero-order valence-electron chi connectivity index (χ0n) is 12.1. The van der Waals surface area contributed by atoms with E-state index in [4.69, 9.17) is 15.2 Å². The Balaban J connectivity index is 1.77. The summed E-state index contributed by atoms with van der Waals surface area (Å²) >= 11 is 0. The van der Waals surface area contributed by atoms with Crippen molar-refractivity contribution in [2.45, 2.75) is 24.6 Å². The van der Waals surface area contributed by atoms with Gasteiger partial charge >= 0.3 is 0 Å². The van der Waals surface area contributed by atoms with E-state index in [9.17, 15) is 0 Å². The maximum atomic E-state index is 6.09. The normalized spacial score (nSPS) is 29.1. The number of benzene rings is 1. The molecule has 1 aromatic carbocycles. The van der Waals surface area contributed by atoms with Crippen molar-refractivity contribution < 1.29 is 9.47 Å². The Morgan fingerprint density at radius 2 is 2.25 bits per heavy atom. The maximum absolute atomic E-state index is 6.09. The van der Waals surface area contributed by atoms with Crippen molar-refractivity contribution in [1.82, 2.24) is 5.32 Å². The van der Waals surface area contributed by atoms with E-state index in [0.29, 0.717) is 6.04 Å².